The largest absolute Gasteiger partial charge is 0.197 e. The van der Waals surface area contributed by atoms with Crippen molar-refractivity contribution in [3.05, 3.63) is 35.9 Å². The summed E-state index contributed by atoms with van der Waals surface area (Å²) in [4.78, 5) is 0. The number of nitriles is 1. The molecule has 0 aliphatic rings. The van der Waals surface area contributed by atoms with Gasteiger partial charge in [0, 0.05) is 0 Å². The lowest BCUT2D eigenvalue weighted by molar-refractivity contribution is 0.453. The predicted octanol–water partition coefficient (Wildman–Crippen LogP) is 4.05. The van der Waals surface area contributed by atoms with Crippen LogP contribution in [-0.4, -0.2) is 0 Å². The van der Waals surface area contributed by atoms with E-state index in [0.29, 0.717) is 0 Å². The molecule has 0 N–H and O–H groups in total. The van der Waals surface area contributed by atoms with Crippen LogP contribution in [0, 0.1) is 11.3 Å². The quantitative estimate of drug-likeness (QED) is 0.705. The molecule has 0 aliphatic carbocycles. The number of rotatable bonds is 5. The Balaban J connectivity index is 3.05. The second-order valence-corrected chi connectivity index (χ2v) is 4.06. The van der Waals surface area contributed by atoms with Crippen LogP contribution in [0.25, 0.3) is 0 Å². The van der Waals surface area contributed by atoms with E-state index in [1.807, 2.05) is 18.2 Å². The van der Waals surface area contributed by atoms with Gasteiger partial charge in [0.15, 0.2) is 0 Å². The van der Waals surface area contributed by atoms with E-state index in [0.717, 1.165) is 25.7 Å². The van der Waals surface area contributed by atoms with Gasteiger partial charge in [-0.3, -0.25) is 0 Å². The average Bonchev–Trinajstić information content (AvgIpc) is 2.30. The topological polar surface area (TPSA) is 23.8 Å². The van der Waals surface area contributed by atoms with E-state index in [9.17, 15) is 5.26 Å². The molecule has 80 valence electrons. The maximum atomic E-state index is 9.44. The van der Waals surface area contributed by atoms with Gasteiger partial charge in [-0.1, -0.05) is 57.0 Å². The number of nitrogens with zero attached hydrogens (tertiary/aromatic N) is 1. The Labute approximate surface area is 92.7 Å². The zero-order valence-electron chi connectivity index (χ0n) is 9.66. The van der Waals surface area contributed by atoms with Gasteiger partial charge in [0.2, 0.25) is 0 Å². The first-order chi connectivity index (χ1) is 7.29. The van der Waals surface area contributed by atoms with E-state index in [4.69, 9.17) is 0 Å². The summed E-state index contributed by atoms with van der Waals surface area (Å²) < 4.78 is 0. The van der Waals surface area contributed by atoms with E-state index in [2.05, 4.69) is 32.0 Å². The van der Waals surface area contributed by atoms with Crippen LogP contribution in [0.3, 0.4) is 0 Å². The number of benzene rings is 1. The minimum absolute atomic E-state index is 0.259. The van der Waals surface area contributed by atoms with Crippen molar-refractivity contribution in [1.29, 1.82) is 5.26 Å². The van der Waals surface area contributed by atoms with Gasteiger partial charge in [0.1, 0.15) is 0 Å². The summed E-state index contributed by atoms with van der Waals surface area (Å²) in [7, 11) is 0. The van der Waals surface area contributed by atoms with Crippen molar-refractivity contribution in [1.82, 2.24) is 0 Å². The molecule has 0 heterocycles. The van der Waals surface area contributed by atoms with Crippen molar-refractivity contribution >= 4 is 0 Å². The van der Waals surface area contributed by atoms with Gasteiger partial charge in [-0.25, -0.2) is 0 Å². The number of hydrogen-bond donors (Lipinski definition) is 0. The molecule has 1 rings (SSSR count). The molecule has 0 bridgehead atoms. The monoisotopic (exact) mass is 201 g/mol. The third kappa shape index (κ3) is 2.59. The van der Waals surface area contributed by atoms with E-state index in [1.54, 1.807) is 0 Å². The van der Waals surface area contributed by atoms with Crippen molar-refractivity contribution in [2.75, 3.05) is 0 Å². The van der Waals surface area contributed by atoms with Crippen LogP contribution in [-0.2, 0) is 5.41 Å². The molecule has 0 aromatic heterocycles. The second-order valence-electron chi connectivity index (χ2n) is 4.06. The standard InChI is InChI=1S/C14H19N/c1-3-10-14(12-15,11-4-2)13-8-6-5-7-9-13/h5-9H,3-4,10-11H2,1-2H3. The Morgan fingerprint density at radius 1 is 1.07 bits per heavy atom. The van der Waals surface area contributed by atoms with Crippen LogP contribution >= 0.6 is 0 Å². The zero-order valence-corrected chi connectivity index (χ0v) is 9.66. The lowest BCUT2D eigenvalue weighted by atomic mass is 9.75. The Kier molecular flexibility index (Phi) is 4.37. The van der Waals surface area contributed by atoms with Gasteiger partial charge in [-0.15, -0.1) is 0 Å². The summed E-state index contributed by atoms with van der Waals surface area (Å²) in [6.45, 7) is 4.29. The van der Waals surface area contributed by atoms with Crippen LogP contribution in [0.15, 0.2) is 30.3 Å². The van der Waals surface area contributed by atoms with Crippen molar-refractivity contribution < 1.29 is 0 Å². The molecule has 0 spiro atoms. The van der Waals surface area contributed by atoms with Crippen LogP contribution in [0.1, 0.15) is 45.1 Å². The van der Waals surface area contributed by atoms with Gasteiger partial charge < -0.3 is 0 Å². The first-order valence-corrected chi connectivity index (χ1v) is 5.76. The van der Waals surface area contributed by atoms with E-state index in [-0.39, 0.29) is 5.41 Å². The molecule has 15 heavy (non-hydrogen) atoms. The summed E-state index contributed by atoms with van der Waals surface area (Å²) in [5, 5.41) is 9.44. The average molecular weight is 201 g/mol. The molecule has 0 saturated carbocycles. The summed E-state index contributed by atoms with van der Waals surface area (Å²) in [6.07, 6.45) is 4.04. The lowest BCUT2D eigenvalue weighted by Gasteiger charge is -2.26. The Morgan fingerprint density at radius 2 is 1.60 bits per heavy atom. The molecule has 0 atom stereocenters. The molecule has 1 aromatic carbocycles. The zero-order chi connectivity index (χ0) is 11.1. The molecular formula is C14H19N. The fraction of sp³-hybridized carbons (Fsp3) is 0.500. The predicted molar refractivity (Wildman–Crippen MR) is 63.5 cm³/mol. The molecule has 1 heteroatoms. The van der Waals surface area contributed by atoms with Gasteiger partial charge in [-0.05, 0) is 18.4 Å². The summed E-state index contributed by atoms with van der Waals surface area (Å²) in [5.74, 6) is 0. The molecule has 0 saturated heterocycles. The first-order valence-electron chi connectivity index (χ1n) is 5.76. The molecule has 0 radical (unpaired) electrons. The molecule has 0 amide bonds. The molecular weight excluding hydrogens is 182 g/mol. The highest BCUT2D eigenvalue weighted by molar-refractivity contribution is 5.32. The fourth-order valence-electron chi connectivity index (χ4n) is 2.20. The Bertz CT molecular complexity index is 315. The maximum absolute atomic E-state index is 9.44. The summed E-state index contributed by atoms with van der Waals surface area (Å²) in [5.41, 5.74) is 0.918. The van der Waals surface area contributed by atoms with Crippen LogP contribution < -0.4 is 0 Å². The van der Waals surface area contributed by atoms with E-state index < -0.39 is 0 Å². The SMILES string of the molecule is CCCC(C#N)(CCC)c1ccccc1. The van der Waals surface area contributed by atoms with Gasteiger partial charge in [0.05, 0.1) is 11.5 Å². The molecule has 1 aromatic rings. The van der Waals surface area contributed by atoms with Crippen molar-refractivity contribution in [2.45, 2.75) is 44.9 Å². The Morgan fingerprint density at radius 3 is 2.00 bits per heavy atom. The van der Waals surface area contributed by atoms with Gasteiger partial charge in [-0.2, -0.15) is 5.26 Å². The molecule has 0 fully saturated rings. The maximum Gasteiger partial charge on any atom is 0.0822 e. The molecule has 0 unspecified atom stereocenters. The molecule has 1 nitrogen and oxygen atoms in total. The van der Waals surface area contributed by atoms with Crippen LogP contribution in [0.5, 0.6) is 0 Å². The van der Waals surface area contributed by atoms with E-state index in [1.165, 1.54) is 5.56 Å². The third-order valence-corrected chi connectivity index (χ3v) is 2.89. The van der Waals surface area contributed by atoms with Crippen LogP contribution in [0.2, 0.25) is 0 Å². The summed E-state index contributed by atoms with van der Waals surface area (Å²) in [6, 6.07) is 12.7. The van der Waals surface area contributed by atoms with E-state index >= 15 is 0 Å². The van der Waals surface area contributed by atoms with Crippen molar-refractivity contribution in [3.63, 3.8) is 0 Å². The Hall–Kier alpha value is -1.29. The highest BCUT2D eigenvalue weighted by atomic mass is 14.4. The van der Waals surface area contributed by atoms with Crippen molar-refractivity contribution in [3.8, 4) is 6.07 Å². The van der Waals surface area contributed by atoms with Crippen molar-refractivity contribution in [2.24, 2.45) is 0 Å². The minimum Gasteiger partial charge on any atom is -0.197 e. The third-order valence-electron chi connectivity index (χ3n) is 2.89. The first kappa shape index (κ1) is 11.8. The number of hydrogen-bond acceptors (Lipinski definition) is 1. The fourth-order valence-corrected chi connectivity index (χ4v) is 2.20. The van der Waals surface area contributed by atoms with Gasteiger partial charge >= 0.3 is 0 Å². The minimum atomic E-state index is -0.259. The smallest absolute Gasteiger partial charge is 0.0822 e. The highest BCUT2D eigenvalue weighted by Crippen LogP contribution is 2.33. The lowest BCUT2D eigenvalue weighted by Crippen LogP contribution is -2.23. The summed E-state index contributed by atoms with van der Waals surface area (Å²) >= 11 is 0. The highest BCUT2D eigenvalue weighted by Gasteiger charge is 2.29. The molecule has 0 aliphatic heterocycles. The second kappa shape index (κ2) is 5.56. The van der Waals surface area contributed by atoms with Gasteiger partial charge in [0.25, 0.3) is 0 Å². The van der Waals surface area contributed by atoms with Crippen LogP contribution in [0.4, 0.5) is 0 Å². The normalized spacial score (nSPS) is 11.0.